The van der Waals surface area contributed by atoms with Gasteiger partial charge in [0.1, 0.15) is 0 Å². The first-order valence-electron chi connectivity index (χ1n) is 5.27. The number of rotatable bonds is 7. The van der Waals surface area contributed by atoms with Gasteiger partial charge in [-0.05, 0) is 38.7 Å². The summed E-state index contributed by atoms with van der Waals surface area (Å²) in [6.45, 7) is 6.36. The molecule has 0 aromatic rings. The van der Waals surface area contributed by atoms with Crippen molar-refractivity contribution in [1.29, 1.82) is 0 Å². The fraction of sp³-hybridized carbons (Fsp3) is 0.900. The van der Waals surface area contributed by atoms with E-state index in [0.29, 0.717) is 0 Å². The lowest BCUT2D eigenvalue weighted by molar-refractivity contribution is 0.203. The van der Waals surface area contributed by atoms with E-state index < -0.39 is 0 Å². The number of unbranched alkanes of at least 4 members (excludes halogenated alkanes) is 1. The second kappa shape index (κ2) is 9.19. The van der Waals surface area contributed by atoms with Gasteiger partial charge in [0.25, 0.3) is 0 Å². The van der Waals surface area contributed by atoms with Gasteiger partial charge < -0.3 is 10.2 Å². The molecule has 0 saturated carbocycles. The highest BCUT2D eigenvalue weighted by atomic mass is 32.2. The number of urea groups is 1. The lowest BCUT2D eigenvalue weighted by atomic mass is 10.3. The monoisotopic (exact) mass is 218 g/mol. The molecule has 0 unspecified atom stereocenters. The number of carbonyl (C=O) groups is 1. The Morgan fingerprint density at radius 3 is 2.43 bits per heavy atom. The number of carbonyl (C=O) groups excluding carboxylic acids is 1. The molecule has 0 heterocycles. The lowest BCUT2D eigenvalue weighted by Gasteiger charge is -2.19. The van der Waals surface area contributed by atoms with E-state index in [0.717, 1.165) is 26.1 Å². The molecule has 84 valence electrons. The maximum absolute atomic E-state index is 11.4. The minimum atomic E-state index is 0.0687. The van der Waals surface area contributed by atoms with Gasteiger partial charge in [0.05, 0.1) is 0 Å². The van der Waals surface area contributed by atoms with Crippen LogP contribution >= 0.6 is 11.8 Å². The third-order valence-electron chi connectivity index (χ3n) is 2.10. The van der Waals surface area contributed by atoms with E-state index in [1.165, 1.54) is 12.2 Å². The Kier molecular flexibility index (Phi) is 8.94. The number of amides is 2. The number of hydrogen-bond donors (Lipinski definition) is 1. The molecule has 0 radical (unpaired) electrons. The van der Waals surface area contributed by atoms with Crippen LogP contribution in [0.25, 0.3) is 0 Å². The fourth-order valence-corrected chi connectivity index (χ4v) is 1.68. The molecular formula is C10H22N2OS. The Labute approximate surface area is 91.6 Å². The summed E-state index contributed by atoms with van der Waals surface area (Å²) < 4.78 is 0. The van der Waals surface area contributed by atoms with Crippen molar-refractivity contribution in [2.24, 2.45) is 0 Å². The molecule has 0 aliphatic carbocycles. The second-order valence-electron chi connectivity index (χ2n) is 3.10. The van der Waals surface area contributed by atoms with Gasteiger partial charge in [0.2, 0.25) is 0 Å². The van der Waals surface area contributed by atoms with Gasteiger partial charge >= 0.3 is 6.03 Å². The van der Waals surface area contributed by atoms with E-state index >= 15 is 0 Å². The smallest absolute Gasteiger partial charge is 0.317 e. The van der Waals surface area contributed by atoms with Crippen molar-refractivity contribution in [3.05, 3.63) is 0 Å². The number of nitrogens with zero attached hydrogens (tertiary/aromatic N) is 1. The maximum Gasteiger partial charge on any atom is 0.317 e. The van der Waals surface area contributed by atoms with Crippen molar-refractivity contribution in [3.8, 4) is 0 Å². The third-order valence-corrected chi connectivity index (χ3v) is 2.80. The van der Waals surface area contributed by atoms with Crippen molar-refractivity contribution in [2.75, 3.05) is 31.6 Å². The summed E-state index contributed by atoms with van der Waals surface area (Å²) in [5.74, 6) is 1.18. The molecule has 2 amide bonds. The van der Waals surface area contributed by atoms with Crippen molar-refractivity contribution in [1.82, 2.24) is 10.2 Å². The first-order chi connectivity index (χ1) is 6.76. The highest BCUT2D eigenvalue weighted by Crippen LogP contribution is 1.98. The van der Waals surface area contributed by atoms with Crippen LogP contribution in [-0.4, -0.2) is 42.6 Å². The zero-order valence-electron chi connectivity index (χ0n) is 9.51. The zero-order valence-corrected chi connectivity index (χ0v) is 10.3. The van der Waals surface area contributed by atoms with Crippen LogP contribution in [0.2, 0.25) is 0 Å². The topological polar surface area (TPSA) is 32.3 Å². The van der Waals surface area contributed by atoms with Gasteiger partial charge in [-0.25, -0.2) is 4.79 Å². The summed E-state index contributed by atoms with van der Waals surface area (Å²) in [4.78, 5) is 13.2. The number of hydrogen-bond acceptors (Lipinski definition) is 2. The van der Waals surface area contributed by atoms with Crippen LogP contribution in [-0.2, 0) is 0 Å². The van der Waals surface area contributed by atoms with Gasteiger partial charge in [-0.1, -0.05) is 0 Å². The standard InChI is InChI=1S/C10H22N2OS/c1-4-12(5-2)10(13)11-8-6-7-9-14-3/h4-9H2,1-3H3,(H,11,13). The summed E-state index contributed by atoms with van der Waals surface area (Å²) in [6.07, 6.45) is 4.36. The number of thioether (sulfide) groups is 1. The molecule has 0 rings (SSSR count). The van der Waals surface area contributed by atoms with E-state index in [1.54, 1.807) is 4.90 Å². The minimum absolute atomic E-state index is 0.0687. The van der Waals surface area contributed by atoms with Gasteiger partial charge in [0, 0.05) is 19.6 Å². The fourth-order valence-electron chi connectivity index (χ4n) is 1.19. The summed E-state index contributed by atoms with van der Waals surface area (Å²) in [5.41, 5.74) is 0. The first-order valence-corrected chi connectivity index (χ1v) is 6.67. The van der Waals surface area contributed by atoms with E-state index in [-0.39, 0.29) is 6.03 Å². The van der Waals surface area contributed by atoms with E-state index in [2.05, 4.69) is 11.6 Å². The lowest BCUT2D eigenvalue weighted by Crippen LogP contribution is -2.40. The molecule has 3 nitrogen and oxygen atoms in total. The molecule has 1 N–H and O–H groups in total. The quantitative estimate of drug-likeness (QED) is 0.664. The SMILES string of the molecule is CCN(CC)C(=O)NCCCCSC. The highest BCUT2D eigenvalue weighted by molar-refractivity contribution is 7.98. The van der Waals surface area contributed by atoms with Crippen LogP contribution in [0.4, 0.5) is 4.79 Å². The van der Waals surface area contributed by atoms with Crippen LogP contribution in [0.5, 0.6) is 0 Å². The molecule has 0 aliphatic heterocycles. The van der Waals surface area contributed by atoms with Crippen LogP contribution < -0.4 is 5.32 Å². The normalized spacial score (nSPS) is 9.93. The summed E-state index contributed by atoms with van der Waals surface area (Å²) in [6, 6.07) is 0.0687. The summed E-state index contributed by atoms with van der Waals surface area (Å²) in [5, 5.41) is 2.92. The molecule has 0 aromatic carbocycles. The van der Waals surface area contributed by atoms with E-state index in [1.807, 2.05) is 25.6 Å². The average Bonchev–Trinajstić information content (AvgIpc) is 2.19. The Hall–Kier alpha value is -0.380. The summed E-state index contributed by atoms with van der Waals surface area (Å²) in [7, 11) is 0. The maximum atomic E-state index is 11.4. The Balaban J connectivity index is 3.43. The van der Waals surface area contributed by atoms with Gasteiger partial charge in [-0.3, -0.25) is 0 Å². The van der Waals surface area contributed by atoms with Gasteiger partial charge in [-0.2, -0.15) is 11.8 Å². The molecular weight excluding hydrogens is 196 g/mol. The Bertz CT molecular complexity index is 149. The predicted molar refractivity (Wildman–Crippen MR) is 63.9 cm³/mol. The molecule has 0 atom stereocenters. The van der Waals surface area contributed by atoms with E-state index in [9.17, 15) is 4.79 Å². The summed E-state index contributed by atoms with van der Waals surface area (Å²) >= 11 is 1.85. The van der Waals surface area contributed by atoms with Crippen molar-refractivity contribution in [3.63, 3.8) is 0 Å². The van der Waals surface area contributed by atoms with Gasteiger partial charge in [0.15, 0.2) is 0 Å². The first kappa shape index (κ1) is 13.6. The van der Waals surface area contributed by atoms with E-state index in [4.69, 9.17) is 0 Å². The predicted octanol–water partition coefficient (Wildman–Crippen LogP) is 2.18. The van der Waals surface area contributed by atoms with Crippen molar-refractivity contribution in [2.45, 2.75) is 26.7 Å². The Morgan fingerprint density at radius 1 is 1.29 bits per heavy atom. The largest absolute Gasteiger partial charge is 0.338 e. The van der Waals surface area contributed by atoms with Gasteiger partial charge in [-0.15, -0.1) is 0 Å². The van der Waals surface area contributed by atoms with Crippen molar-refractivity contribution < 1.29 is 4.79 Å². The number of nitrogens with one attached hydrogen (secondary N) is 1. The molecule has 0 saturated heterocycles. The minimum Gasteiger partial charge on any atom is -0.338 e. The molecule has 14 heavy (non-hydrogen) atoms. The average molecular weight is 218 g/mol. The molecule has 0 bridgehead atoms. The van der Waals surface area contributed by atoms with Crippen LogP contribution in [0, 0.1) is 0 Å². The van der Waals surface area contributed by atoms with Crippen LogP contribution in [0.3, 0.4) is 0 Å². The molecule has 0 fully saturated rings. The van der Waals surface area contributed by atoms with Crippen molar-refractivity contribution >= 4 is 17.8 Å². The molecule has 0 aromatic heterocycles. The Morgan fingerprint density at radius 2 is 1.93 bits per heavy atom. The molecule has 0 spiro atoms. The molecule has 0 aliphatic rings. The zero-order chi connectivity index (χ0) is 10.8. The third kappa shape index (κ3) is 6.13. The van der Waals surface area contributed by atoms with Crippen LogP contribution in [0.15, 0.2) is 0 Å². The second-order valence-corrected chi connectivity index (χ2v) is 4.09. The highest BCUT2D eigenvalue weighted by Gasteiger charge is 2.06. The van der Waals surface area contributed by atoms with Crippen LogP contribution in [0.1, 0.15) is 26.7 Å². The molecule has 4 heteroatoms.